The van der Waals surface area contributed by atoms with Crippen LogP contribution in [0.1, 0.15) is 11.1 Å². The van der Waals surface area contributed by atoms with Crippen LogP contribution in [-0.2, 0) is 20.9 Å². The number of hydrogen-bond donors (Lipinski definition) is 0. The van der Waals surface area contributed by atoms with Crippen molar-refractivity contribution in [3.05, 3.63) is 87.5 Å². The number of benzene rings is 3. The van der Waals surface area contributed by atoms with E-state index in [2.05, 4.69) is 0 Å². The van der Waals surface area contributed by atoms with Crippen molar-refractivity contribution < 1.29 is 28.5 Å². The monoisotopic (exact) mass is 586 g/mol. The molecule has 1 aliphatic rings. The van der Waals surface area contributed by atoms with Gasteiger partial charge in [-0.15, -0.1) is 0 Å². The van der Waals surface area contributed by atoms with Gasteiger partial charge < -0.3 is 23.8 Å². The summed E-state index contributed by atoms with van der Waals surface area (Å²) in [6.45, 7) is 0.00567. The van der Waals surface area contributed by atoms with Crippen molar-refractivity contribution in [2.75, 3.05) is 32.8 Å². The molecule has 1 aliphatic heterocycles. The van der Waals surface area contributed by atoms with Gasteiger partial charge in [0.25, 0.3) is 5.91 Å². The third kappa shape index (κ3) is 6.27. The molecule has 0 radical (unpaired) electrons. The van der Waals surface area contributed by atoms with Crippen LogP contribution < -0.4 is 19.1 Å². The fourth-order valence-electron chi connectivity index (χ4n) is 3.83. The Kier molecular flexibility index (Phi) is 8.96. The molecule has 0 aliphatic carbocycles. The van der Waals surface area contributed by atoms with Crippen molar-refractivity contribution in [2.24, 2.45) is 0 Å². The first kappa shape index (κ1) is 28.2. The Labute approximate surface area is 241 Å². The van der Waals surface area contributed by atoms with Crippen molar-refractivity contribution in [1.29, 1.82) is 0 Å². The minimum atomic E-state index is -0.545. The van der Waals surface area contributed by atoms with E-state index < -0.39 is 11.9 Å². The summed E-state index contributed by atoms with van der Waals surface area (Å²) in [5.74, 6) is 0.630. The molecule has 11 heteroatoms. The number of anilines is 1. The van der Waals surface area contributed by atoms with Gasteiger partial charge in [-0.2, -0.15) is 0 Å². The van der Waals surface area contributed by atoms with Gasteiger partial charge in [0.05, 0.1) is 37.1 Å². The fraction of sp³-hybridized carbons (Fsp3) is 0.179. The Bertz CT molecular complexity index is 1440. The maximum atomic E-state index is 13.6. The van der Waals surface area contributed by atoms with Crippen LogP contribution >= 0.6 is 35.4 Å². The number of halogens is 2. The van der Waals surface area contributed by atoms with Gasteiger partial charge in [-0.05, 0) is 78.0 Å². The molecule has 4 rings (SSSR count). The number of amides is 1. The van der Waals surface area contributed by atoms with Crippen LogP contribution in [-0.4, -0.2) is 49.8 Å². The van der Waals surface area contributed by atoms with E-state index in [0.29, 0.717) is 38.5 Å². The highest BCUT2D eigenvalue weighted by Crippen LogP contribution is 2.33. The summed E-state index contributed by atoms with van der Waals surface area (Å²) in [5.41, 5.74) is 2.20. The molecule has 0 aromatic heterocycles. The van der Waals surface area contributed by atoms with Gasteiger partial charge in [-0.3, -0.25) is 14.5 Å². The molecular formula is C28H24Cl2N2O6S. The van der Waals surface area contributed by atoms with Crippen molar-refractivity contribution in [3.63, 3.8) is 0 Å². The van der Waals surface area contributed by atoms with Gasteiger partial charge in [0.2, 0.25) is 0 Å². The Morgan fingerprint density at radius 3 is 2.31 bits per heavy atom. The van der Waals surface area contributed by atoms with E-state index in [1.807, 2.05) is 6.07 Å². The summed E-state index contributed by atoms with van der Waals surface area (Å²) in [4.78, 5) is 28.5. The molecule has 3 aromatic rings. The minimum absolute atomic E-state index is 0.148. The largest absolute Gasteiger partial charge is 0.497 e. The van der Waals surface area contributed by atoms with Crippen molar-refractivity contribution in [2.45, 2.75) is 6.61 Å². The second kappa shape index (κ2) is 12.4. The number of ether oxygens (including phenoxy) is 4. The Balaban J connectivity index is 1.63. The van der Waals surface area contributed by atoms with Crippen LogP contribution in [0.4, 0.5) is 5.69 Å². The first-order chi connectivity index (χ1) is 18.7. The van der Waals surface area contributed by atoms with E-state index in [4.69, 9.17) is 54.4 Å². The summed E-state index contributed by atoms with van der Waals surface area (Å²) >= 11 is 17.7. The van der Waals surface area contributed by atoms with Crippen molar-refractivity contribution >= 4 is 64.2 Å². The Morgan fingerprint density at radius 1 is 0.923 bits per heavy atom. The van der Waals surface area contributed by atoms with Crippen LogP contribution in [0, 0.1) is 0 Å². The van der Waals surface area contributed by atoms with Crippen LogP contribution in [0.3, 0.4) is 0 Å². The lowest BCUT2D eigenvalue weighted by molar-refractivity contribution is -0.140. The highest BCUT2D eigenvalue weighted by atomic mass is 35.5. The third-order valence-electron chi connectivity index (χ3n) is 5.85. The highest BCUT2D eigenvalue weighted by Gasteiger charge is 2.40. The van der Waals surface area contributed by atoms with Crippen LogP contribution in [0.2, 0.25) is 10.0 Å². The zero-order valence-electron chi connectivity index (χ0n) is 21.3. The minimum Gasteiger partial charge on any atom is -0.497 e. The summed E-state index contributed by atoms with van der Waals surface area (Å²) in [5, 5.41) is 1.05. The highest BCUT2D eigenvalue weighted by molar-refractivity contribution is 7.80. The number of nitrogens with zero attached hydrogens (tertiary/aromatic N) is 2. The summed E-state index contributed by atoms with van der Waals surface area (Å²) in [7, 11) is 4.34. The standard InChI is InChI=1S/C28H24Cl2N2O6S/c1-35-20-8-6-19(7-9-20)32-27(34)23(31(28(32)39)15-26(33)37-3)13-17-5-11-24(25(14-17)36-2)38-16-18-4-10-21(29)22(30)12-18/h4-14H,15-16H2,1-3H3/b23-13-. The van der Waals surface area contributed by atoms with Crippen LogP contribution in [0.25, 0.3) is 6.08 Å². The average Bonchev–Trinajstić information content (AvgIpc) is 3.17. The lowest BCUT2D eigenvalue weighted by Crippen LogP contribution is -2.35. The molecule has 0 bridgehead atoms. The molecule has 39 heavy (non-hydrogen) atoms. The lowest BCUT2D eigenvalue weighted by Gasteiger charge is -2.19. The molecule has 1 saturated heterocycles. The molecule has 1 amide bonds. The summed E-state index contributed by atoms with van der Waals surface area (Å²) in [6, 6.07) is 17.3. The number of hydrogen-bond acceptors (Lipinski definition) is 7. The molecule has 0 spiro atoms. The number of methoxy groups -OCH3 is 3. The number of rotatable bonds is 9. The zero-order chi connectivity index (χ0) is 28.1. The Hall–Kier alpha value is -3.79. The maximum Gasteiger partial charge on any atom is 0.325 e. The molecule has 1 fully saturated rings. The molecular weight excluding hydrogens is 563 g/mol. The zero-order valence-corrected chi connectivity index (χ0v) is 23.6. The molecule has 3 aromatic carbocycles. The SMILES string of the molecule is COC(=O)CN1C(=S)N(c2ccc(OC)cc2)C(=O)/C1=C/c1ccc(OCc2ccc(Cl)c(Cl)c2)c(OC)c1. The van der Waals surface area contributed by atoms with Gasteiger partial charge >= 0.3 is 5.97 Å². The van der Waals surface area contributed by atoms with E-state index >= 15 is 0 Å². The van der Waals surface area contributed by atoms with E-state index in [1.54, 1.807) is 67.8 Å². The maximum absolute atomic E-state index is 13.6. The summed E-state index contributed by atoms with van der Waals surface area (Å²) < 4.78 is 21.5. The second-order valence-corrected chi connectivity index (χ2v) is 9.44. The number of thiocarbonyl (C=S) groups is 1. The van der Waals surface area contributed by atoms with Crippen LogP contribution in [0.5, 0.6) is 17.2 Å². The van der Waals surface area contributed by atoms with Crippen LogP contribution in [0.15, 0.2) is 66.4 Å². The van der Waals surface area contributed by atoms with Crippen molar-refractivity contribution in [3.8, 4) is 17.2 Å². The van der Waals surface area contributed by atoms with E-state index in [9.17, 15) is 9.59 Å². The van der Waals surface area contributed by atoms with E-state index in [0.717, 1.165) is 5.56 Å². The van der Waals surface area contributed by atoms with Gasteiger partial charge in [0.1, 0.15) is 24.6 Å². The number of esters is 1. The quantitative estimate of drug-likeness (QED) is 0.178. The summed E-state index contributed by atoms with van der Waals surface area (Å²) in [6.07, 6.45) is 1.63. The second-order valence-electron chi connectivity index (χ2n) is 8.26. The van der Waals surface area contributed by atoms with Gasteiger partial charge in [0, 0.05) is 0 Å². The third-order valence-corrected chi connectivity index (χ3v) is 6.99. The molecule has 1 heterocycles. The van der Waals surface area contributed by atoms with Gasteiger partial charge in [0.15, 0.2) is 16.6 Å². The lowest BCUT2D eigenvalue weighted by atomic mass is 10.1. The topological polar surface area (TPSA) is 77.5 Å². The number of carbonyl (C=O) groups is 2. The van der Waals surface area contributed by atoms with E-state index in [-0.39, 0.29) is 24.0 Å². The molecule has 8 nitrogen and oxygen atoms in total. The van der Waals surface area contributed by atoms with Gasteiger partial charge in [-0.25, -0.2) is 0 Å². The first-order valence-electron chi connectivity index (χ1n) is 11.6. The predicted molar refractivity (Wildman–Crippen MR) is 154 cm³/mol. The first-order valence-corrected chi connectivity index (χ1v) is 12.8. The molecule has 0 N–H and O–H groups in total. The predicted octanol–water partition coefficient (Wildman–Crippen LogP) is 5.74. The molecule has 0 unspecified atom stereocenters. The van der Waals surface area contributed by atoms with Gasteiger partial charge in [-0.1, -0.05) is 35.3 Å². The normalized spacial score (nSPS) is 14.1. The molecule has 202 valence electrons. The molecule has 0 atom stereocenters. The smallest absolute Gasteiger partial charge is 0.325 e. The number of carbonyl (C=O) groups excluding carboxylic acids is 2. The Morgan fingerprint density at radius 2 is 1.67 bits per heavy atom. The van der Waals surface area contributed by atoms with Crippen molar-refractivity contribution in [1.82, 2.24) is 4.90 Å². The fourth-order valence-corrected chi connectivity index (χ4v) is 4.50. The van der Waals surface area contributed by atoms with E-state index in [1.165, 1.54) is 24.0 Å². The average molecular weight is 587 g/mol. The molecule has 0 saturated carbocycles.